The van der Waals surface area contributed by atoms with Crippen molar-refractivity contribution in [2.24, 2.45) is 5.92 Å². The van der Waals surface area contributed by atoms with Crippen molar-refractivity contribution in [3.63, 3.8) is 0 Å². The Hall–Kier alpha value is -1.12. The SMILES string of the molecule is CC1C=CC=C([N+](=O)[O-])C1. The molecular formula is C7H9NO2. The maximum absolute atomic E-state index is 10.2. The van der Waals surface area contributed by atoms with Crippen molar-refractivity contribution in [2.45, 2.75) is 13.3 Å². The van der Waals surface area contributed by atoms with Crippen LogP contribution in [-0.4, -0.2) is 4.92 Å². The molecule has 1 aliphatic carbocycles. The van der Waals surface area contributed by atoms with Crippen molar-refractivity contribution in [3.05, 3.63) is 34.0 Å². The van der Waals surface area contributed by atoms with Crippen LogP contribution in [0.2, 0.25) is 0 Å². The number of nitrogens with zero attached hydrogens (tertiary/aromatic N) is 1. The molecule has 0 saturated carbocycles. The van der Waals surface area contributed by atoms with Gasteiger partial charge in [-0.05, 0) is 5.92 Å². The van der Waals surface area contributed by atoms with E-state index in [0.29, 0.717) is 18.0 Å². The largest absolute Gasteiger partial charge is 0.259 e. The maximum Gasteiger partial charge on any atom is 0.246 e. The van der Waals surface area contributed by atoms with Crippen LogP contribution < -0.4 is 0 Å². The summed E-state index contributed by atoms with van der Waals surface area (Å²) in [4.78, 5) is 9.88. The van der Waals surface area contributed by atoms with E-state index in [1.165, 1.54) is 0 Å². The molecule has 0 aromatic heterocycles. The summed E-state index contributed by atoms with van der Waals surface area (Å²) >= 11 is 0. The molecule has 0 spiro atoms. The monoisotopic (exact) mass is 139 g/mol. The standard InChI is InChI=1S/C7H9NO2/c1-6-3-2-4-7(5-6)8(9)10/h2-4,6H,5H2,1H3. The molecule has 3 nitrogen and oxygen atoms in total. The number of rotatable bonds is 1. The van der Waals surface area contributed by atoms with Crippen LogP contribution in [0.4, 0.5) is 0 Å². The molecule has 1 unspecified atom stereocenters. The van der Waals surface area contributed by atoms with E-state index in [0.717, 1.165) is 0 Å². The van der Waals surface area contributed by atoms with Crippen LogP contribution in [0.25, 0.3) is 0 Å². The zero-order chi connectivity index (χ0) is 7.56. The molecule has 0 aliphatic heterocycles. The summed E-state index contributed by atoms with van der Waals surface area (Å²) in [5.41, 5.74) is 0.315. The zero-order valence-electron chi connectivity index (χ0n) is 5.78. The summed E-state index contributed by atoms with van der Waals surface area (Å²) in [5.74, 6) is 0.311. The van der Waals surface area contributed by atoms with Gasteiger partial charge in [-0.25, -0.2) is 0 Å². The quantitative estimate of drug-likeness (QED) is 0.410. The smallest absolute Gasteiger partial charge is 0.246 e. The highest BCUT2D eigenvalue weighted by Gasteiger charge is 2.15. The van der Waals surface area contributed by atoms with Crippen molar-refractivity contribution < 1.29 is 4.92 Å². The molecule has 0 saturated heterocycles. The van der Waals surface area contributed by atoms with Crippen molar-refractivity contribution in [2.75, 3.05) is 0 Å². The van der Waals surface area contributed by atoms with Gasteiger partial charge in [-0.15, -0.1) is 0 Å². The predicted octanol–water partition coefficient (Wildman–Crippen LogP) is 1.74. The second-order valence-electron chi connectivity index (χ2n) is 2.48. The fraction of sp³-hybridized carbons (Fsp3) is 0.429. The van der Waals surface area contributed by atoms with Crippen LogP contribution in [0.1, 0.15) is 13.3 Å². The predicted molar refractivity (Wildman–Crippen MR) is 38.0 cm³/mol. The molecule has 0 fully saturated rings. The van der Waals surface area contributed by atoms with E-state index in [1.54, 1.807) is 12.2 Å². The van der Waals surface area contributed by atoms with Gasteiger partial charge in [0, 0.05) is 12.5 Å². The van der Waals surface area contributed by atoms with Crippen LogP contribution in [0.3, 0.4) is 0 Å². The minimum Gasteiger partial charge on any atom is -0.259 e. The third-order valence-electron chi connectivity index (χ3n) is 1.49. The van der Waals surface area contributed by atoms with E-state index in [2.05, 4.69) is 0 Å². The Kier molecular flexibility index (Phi) is 1.85. The molecule has 0 aromatic carbocycles. The van der Waals surface area contributed by atoms with Crippen molar-refractivity contribution in [1.82, 2.24) is 0 Å². The topological polar surface area (TPSA) is 43.1 Å². The average Bonchev–Trinajstić information content (AvgIpc) is 1.88. The normalized spacial score (nSPS) is 24.1. The third kappa shape index (κ3) is 1.43. The highest BCUT2D eigenvalue weighted by molar-refractivity contribution is 5.14. The second-order valence-corrected chi connectivity index (χ2v) is 2.48. The molecule has 0 radical (unpaired) electrons. The molecule has 10 heavy (non-hydrogen) atoms. The number of nitro groups is 1. The molecule has 1 aliphatic rings. The van der Waals surface area contributed by atoms with E-state index in [4.69, 9.17) is 0 Å². The molecule has 1 atom stereocenters. The van der Waals surface area contributed by atoms with Gasteiger partial charge in [0.15, 0.2) is 0 Å². The van der Waals surface area contributed by atoms with Crippen LogP contribution in [-0.2, 0) is 0 Å². The van der Waals surface area contributed by atoms with Crippen molar-refractivity contribution in [3.8, 4) is 0 Å². The lowest BCUT2D eigenvalue weighted by Crippen LogP contribution is -2.05. The maximum atomic E-state index is 10.2. The number of hydrogen-bond donors (Lipinski definition) is 0. The van der Waals surface area contributed by atoms with Crippen molar-refractivity contribution >= 4 is 0 Å². The molecule has 54 valence electrons. The number of hydrogen-bond acceptors (Lipinski definition) is 2. The highest BCUT2D eigenvalue weighted by Crippen LogP contribution is 2.17. The Balaban J connectivity index is 2.71. The molecule has 0 N–H and O–H groups in total. The zero-order valence-corrected chi connectivity index (χ0v) is 5.78. The Morgan fingerprint density at radius 1 is 1.80 bits per heavy atom. The lowest BCUT2D eigenvalue weighted by atomic mass is 10.0. The van der Waals surface area contributed by atoms with E-state index >= 15 is 0 Å². The molecule has 0 aromatic rings. The third-order valence-corrected chi connectivity index (χ3v) is 1.49. The van der Waals surface area contributed by atoms with Gasteiger partial charge in [-0.2, -0.15) is 0 Å². The fourth-order valence-electron chi connectivity index (χ4n) is 0.958. The molecule has 1 rings (SSSR count). The summed E-state index contributed by atoms with van der Waals surface area (Å²) in [7, 11) is 0. The Morgan fingerprint density at radius 2 is 2.50 bits per heavy atom. The first-order valence-corrected chi connectivity index (χ1v) is 3.22. The summed E-state index contributed by atoms with van der Waals surface area (Å²) < 4.78 is 0. The summed E-state index contributed by atoms with van der Waals surface area (Å²) in [5, 5.41) is 10.2. The molecular weight excluding hydrogens is 130 g/mol. The first-order valence-electron chi connectivity index (χ1n) is 3.22. The van der Waals surface area contributed by atoms with Gasteiger partial charge >= 0.3 is 0 Å². The highest BCUT2D eigenvalue weighted by atomic mass is 16.6. The van der Waals surface area contributed by atoms with Gasteiger partial charge in [0.05, 0.1) is 4.92 Å². The van der Waals surface area contributed by atoms with Gasteiger partial charge < -0.3 is 0 Å². The summed E-state index contributed by atoms with van der Waals surface area (Å²) in [6.45, 7) is 1.97. The fourth-order valence-corrected chi connectivity index (χ4v) is 0.958. The van der Waals surface area contributed by atoms with E-state index < -0.39 is 0 Å². The van der Waals surface area contributed by atoms with Gasteiger partial charge in [0.25, 0.3) is 0 Å². The Morgan fingerprint density at radius 3 is 2.90 bits per heavy atom. The second kappa shape index (κ2) is 2.64. The van der Waals surface area contributed by atoms with Crippen LogP contribution in [0, 0.1) is 16.0 Å². The Bertz CT molecular complexity index is 206. The van der Waals surface area contributed by atoms with E-state index in [-0.39, 0.29) is 4.92 Å². The molecule has 0 heterocycles. The van der Waals surface area contributed by atoms with E-state index in [9.17, 15) is 10.1 Å². The first kappa shape index (κ1) is 6.99. The molecule has 0 bridgehead atoms. The van der Waals surface area contributed by atoms with Crippen molar-refractivity contribution in [1.29, 1.82) is 0 Å². The van der Waals surface area contributed by atoms with Gasteiger partial charge in [0.2, 0.25) is 5.70 Å². The summed E-state index contributed by atoms with van der Waals surface area (Å²) in [6.07, 6.45) is 5.82. The van der Waals surface area contributed by atoms with Crippen LogP contribution in [0.15, 0.2) is 23.9 Å². The van der Waals surface area contributed by atoms with Gasteiger partial charge in [0.1, 0.15) is 0 Å². The lowest BCUT2D eigenvalue weighted by Gasteiger charge is -2.06. The molecule has 3 heteroatoms. The summed E-state index contributed by atoms with van der Waals surface area (Å²) in [6, 6.07) is 0. The minimum absolute atomic E-state index is 0.311. The lowest BCUT2D eigenvalue weighted by molar-refractivity contribution is -0.428. The van der Waals surface area contributed by atoms with Crippen LogP contribution >= 0.6 is 0 Å². The first-order chi connectivity index (χ1) is 4.70. The van der Waals surface area contributed by atoms with Gasteiger partial charge in [-0.3, -0.25) is 10.1 Å². The Labute approximate surface area is 59.2 Å². The van der Waals surface area contributed by atoms with Gasteiger partial charge in [-0.1, -0.05) is 19.1 Å². The molecule has 0 amide bonds. The number of allylic oxidation sites excluding steroid dienone is 4. The van der Waals surface area contributed by atoms with E-state index in [1.807, 2.05) is 13.0 Å². The minimum atomic E-state index is -0.319. The van der Waals surface area contributed by atoms with Crippen LogP contribution in [0.5, 0.6) is 0 Å². The average molecular weight is 139 g/mol.